The van der Waals surface area contributed by atoms with Crippen LogP contribution in [0.3, 0.4) is 0 Å². The summed E-state index contributed by atoms with van der Waals surface area (Å²) >= 11 is 6.83. The molecule has 0 spiro atoms. The Bertz CT molecular complexity index is 1350. The molecule has 10 nitrogen and oxygen atoms in total. The molecule has 0 saturated heterocycles. The number of primary amides is 1. The first-order valence-electron chi connectivity index (χ1n) is 12.9. The van der Waals surface area contributed by atoms with Crippen LogP contribution < -0.4 is 5.73 Å². The zero-order valence-electron chi connectivity index (χ0n) is 23.0. The van der Waals surface area contributed by atoms with E-state index in [9.17, 15) is 34.8 Å². The zero-order chi connectivity index (χ0) is 29.4. The van der Waals surface area contributed by atoms with E-state index in [2.05, 4.69) is 25.7 Å². The van der Waals surface area contributed by atoms with Crippen LogP contribution in [0.2, 0.25) is 5.02 Å². The van der Waals surface area contributed by atoms with Gasteiger partial charge in [0.2, 0.25) is 5.78 Å². The molecule has 0 radical (unpaired) electrons. The van der Waals surface area contributed by atoms with Crippen molar-refractivity contribution in [2.24, 2.45) is 17.6 Å². The molecule has 0 aromatic heterocycles. The maximum absolute atomic E-state index is 13.8. The molecular formula is C28H36ClN3O7. The minimum absolute atomic E-state index is 0.00977. The van der Waals surface area contributed by atoms with Crippen LogP contribution >= 0.6 is 11.6 Å². The second kappa shape index (κ2) is 9.62. The average molecular weight is 562 g/mol. The van der Waals surface area contributed by atoms with Crippen LogP contribution in [0.4, 0.5) is 0 Å². The number of fused-ring (bicyclic) bond motifs is 3. The van der Waals surface area contributed by atoms with Crippen LogP contribution in [0.15, 0.2) is 28.7 Å². The number of phenolic OH excluding ortho intramolecular Hbond substituents is 1. The van der Waals surface area contributed by atoms with Crippen LogP contribution in [0.1, 0.15) is 55.1 Å². The Morgan fingerprint density at radius 3 is 2.36 bits per heavy atom. The van der Waals surface area contributed by atoms with E-state index in [1.807, 2.05) is 7.05 Å². The summed E-state index contributed by atoms with van der Waals surface area (Å²) in [5.74, 6) is -6.86. The molecule has 39 heavy (non-hydrogen) atoms. The maximum atomic E-state index is 13.8. The highest BCUT2D eigenvalue weighted by Gasteiger charge is 2.63. The van der Waals surface area contributed by atoms with Gasteiger partial charge < -0.3 is 26.2 Å². The molecule has 0 bridgehead atoms. The molecule has 1 unspecified atom stereocenters. The average Bonchev–Trinajstić information content (AvgIpc) is 2.83. The second-order valence-electron chi connectivity index (χ2n) is 11.7. The molecule has 1 aromatic carbocycles. The highest BCUT2D eigenvalue weighted by molar-refractivity contribution is 6.33. The number of aromatic hydroxyl groups is 1. The molecule has 0 saturated carbocycles. The molecule has 4 atom stereocenters. The lowest BCUT2D eigenvalue weighted by atomic mass is 9.58. The molecule has 0 heterocycles. The molecule has 3 aliphatic carbocycles. The molecule has 0 fully saturated rings. The van der Waals surface area contributed by atoms with Gasteiger partial charge in [-0.1, -0.05) is 18.5 Å². The number of benzene rings is 1. The summed E-state index contributed by atoms with van der Waals surface area (Å²) < 4.78 is 0. The van der Waals surface area contributed by atoms with Crippen LogP contribution in [0, 0.1) is 11.8 Å². The Hall–Kier alpha value is -2.92. The van der Waals surface area contributed by atoms with Crippen molar-refractivity contribution in [3.63, 3.8) is 0 Å². The standard InChI is InChI=1S/C28H36ClN3O7/c1-7-27(2,3)32(6)11-13-10-16(33)18-14(20(13)29)8-12-9-15-21(31(4)5)23(35)19(26(30)38)25(37)28(15,39)24(36)17(12)22(18)34/h10,12,15,21,33,35-36,39H,7-9,11H2,1-6H3,(H2,30,38)/t12-,15-,21-,28?/m0/s1. The minimum Gasteiger partial charge on any atom is -0.510 e. The van der Waals surface area contributed by atoms with Crippen molar-refractivity contribution in [2.75, 3.05) is 21.1 Å². The number of Topliss-reactive ketones (excluding diaryl/α,β-unsaturated/α-hetero) is 2. The summed E-state index contributed by atoms with van der Waals surface area (Å²) in [4.78, 5) is 42.8. The van der Waals surface area contributed by atoms with Crippen LogP contribution in [-0.2, 0) is 22.6 Å². The first-order valence-corrected chi connectivity index (χ1v) is 13.3. The van der Waals surface area contributed by atoms with E-state index in [1.54, 1.807) is 14.1 Å². The fourth-order valence-corrected chi connectivity index (χ4v) is 6.49. The van der Waals surface area contributed by atoms with Crippen molar-refractivity contribution >= 4 is 29.1 Å². The smallest absolute Gasteiger partial charge is 0.255 e. The van der Waals surface area contributed by atoms with Gasteiger partial charge in [0.05, 0.1) is 11.6 Å². The van der Waals surface area contributed by atoms with Gasteiger partial charge in [-0.3, -0.25) is 24.2 Å². The van der Waals surface area contributed by atoms with Gasteiger partial charge in [0.25, 0.3) is 5.91 Å². The molecule has 1 amide bonds. The van der Waals surface area contributed by atoms with Gasteiger partial charge in [-0.25, -0.2) is 0 Å². The Morgan fingerprint density at radius 1 is 1.21 bits per heavy atom. The molecule has 0 aliphatic heterocycles. The number of hydrogen-bond donors (Lipinski definition) is 5. The summed E-state index contributed by atoms with van der Waals surface area (Å²) in [5.41, 5.74) is 2.47. The number of aliphatic hydroxyl groups excluding tert-OH is 2. The number of carbonyl (C=O) groups excluding carboxylic acids is 3. The van der Waals surface area contributed by atoms with E-state index in [-0.39, 0.29) is 35.3 Å². The number of carbonyl (C=O) groups is 3. The van der Waals surface area contributed by atoms with E-state index in [0.717, 1.165) is 6.42 Å². The van der Waals surface area contributed by atoms with Crippen molar-refractivity contribution in [1.29, 1.82) is 0 Å². The second-order valence-corrected chi connectivity index (χ2v) is 12.1. The lowest BCUT2D eigenvalue weighted by molar-refractivity contribution is -0.148. The molecule has 4 rings (SSSR count). The summed E-state index contributed by atoms with van der Waals surface area (Å²) in [6, 6.07) is 0.384. The molecule has 1 aromatic rings. The van der Waals surface area contributed by atoms with Crippen molar-refractivity contribution in [3.05, 3.63) is 50.4 Å². The third-order valence-electron chi connectivity index (χ3n) is 9.04. The van der Waals surface area contributed by atoms with Crippen LogP contribution in [0.5, 0.6) is 5.75 Å². The fraction of sp³-hybridized carbons (Fsp3) is 0.536. The van der Waals surface area contributed by atoms with Gasteiger partial charge in [0, 0.05) is 28.6 Å². The van der Waals surface area contributed by atoms with Crippen molar-refractivity contribution < 1.29 is 34.8 Å². The maximum Gasteiger partial charge on any atom is 0.255 e. The Kier molecular flexibility index (Phi) is 7.17. The van der Waals surface area contributed by atoms with Crippen molar-refractivity contribution in [3.8, 4) is 5.75 Å². The summed E-state index contributed by atoms with van der Waals surface area (Å²) in [6.45, 7) is 6.67. The largest absolute Gasteiger partial charge is 0.510 e. The Balaban J connectivity index is 1.87. The third-order valence-corrected chi connectivity index (χ3v) is 9.51. The normalized spacial score (nSPS) is 27.2. The molecule has 6 N–H and O–H groups in total. The topological polar surface area (TPSA) is 165 Å². The SMILES string of the molecule is CCC(C)(C)N(C)Cc1cc(O)c2c(c1Cl)C[C@H]1C[C@H]3[C@H](N(C)C)C(O)=C(C(N)=O)C(=O)C3(O)C(O)=C1C2=O. The van der Waals surface area contributed by atoms with Crippen LogP contribution in [0.25, 0.3) is 0 Å². The lowest BCUT2D eigenvalue weighted by Crippen LogP contribution is -2.63. The van der Waals surface area contributed by atoms with Gasteiger partial charge >= 0.3 is 0 Å². The Labute approximate surface area is 232 Å². The van der Waals surface area contributed by atoms with E-state index >= 15 is 0 Å². The van der Waals surface area contributed by atoms with E-state index in [4.69, 9.17) is 17.3 Å². The number of likely N-dealkylation sites (N-methyl/N-ethyl adjacent to an activating group) is 1. The monoisotopic (exact) mass is 561 g/mol. The number of allylic oxidation sites excluding steroid dienone is 1. The minimum atomic E-state index is -2.67. The van der Waals surface area contributed by atoms with E-state index < -0.39 is 58.0 Å². The summed E-state index contributed by atoms with van der Waals surface area (Å²) in [6.07, 6.45) is 1.03. The first kappa shape index (κ1) is 29.1. The number of aliphatic hydroxyl groups is 3. The highest BCUT2D eigenvalue weighted by atomic mass is 35.5. The number of phenols is 1. The van der Waals surface area contributed by atoms with Gasteiger partial charge in [-0.15, -0.1) is 0 Å². The number of rotatable bonds is 6. The predicted molar refractivity (Wildman–Crippen MR) is 145 cm³/mol. The highest BCUT2D eigenvalue weighted by Crippen LogP contribution is 2.53. The molecule has 3 aliphatic rings. The van der Waals surface area contributed by atoms with Crippen molar-refractivity contribution in [1.82, 2.24) is 9.80 Å². The predicted octanol–water partition coefficient (Wildman–Crippen LogP) is 2.39. The van der Waals surface area contributed by atoms with Gasteiger partial charge in [-0.2, -0.15) is 0 Å². The third kappa shape index (κ3) is 4.16. The number of nitrogens with two attached hydrogens (primary N) is 1. The number of nitrogens with zero attached hydrogens (tertiary/aromatic N) is 2. The van der Waals surface area contributed by atoms with Crippen LogP contribution in [-0.4, -0.2) is 86.0 Å². The zero-order valence-corrected chi connectivity index (χ0v) is 23.8. The number of amides is 1. The fourth-order valence-electron chi connectivity index (χ4n) is 6.21. The molecular weight excluding hydrogens is 526 g/mol. The summed E-state index contributed by atoms with van der Waals surface area (Å²) in [7, 11) is 5.12. The quantitative estimate of drug-likeness (QED) is 0.328. The first-order chi connectivity index (χ1) is 18.0. The van der Waals surface area contributed by atoms with E-state index in [0.29, 0.717) is 22.7 Å². The van der Waals surface area contributed by atoms with Gasteiger partial charge in [-0.05, 0) is 77.4 Å². The number of ketones is 2. The van der Waals surface area contributed by atoms with Gasteiger partial charge in [0.1, 0.15) is 22.8 Å². The summed E-state index contributed by atoms with van der Waals surface area (Å²) in [5, 5.41) is 45.2. The lowest BCUT2D eigenvalue weighted by Gasteiger charge is -2.50. The molecule has 212 valence electrons. The van der Waals surface area contributed by atoms with Crippen molar-refractivity contribution in [2.45, 2.75) is 63.8 Å². The number of halogens is 1. The number of hydrogen-bond acceptors (Lipinski definition) is 9. The Morgan fingerprint density at radius 2 is 1.82 bits per heavy atom. The van der Waals surface area contributed by atoms with Gasteiger partial charge in [0.15, 0.2) is 11.4 Å². The van der Waals surface area contributed by atoms with E-state index in [1.165, 1.54) is 11.0 Å². The molecule has 11 heteroatoms.